The summed E-state index contributed by atoms with van der Waals surface area (Å²) in [5.74, 6) is -0.677. The van der Waals surface area contributed by atoms with Crippen LogP contribution in [0.1, 0.15) is 5.56 Å². The van der Waals surface area contributed by atoms with Gasteiger partial charge in [-0.25, -0.2) is 13.5 Å². The van der Waals surface area contributed by atoms with Crippen molar-refractivity contribution in [3.05, 3.63) is 39.7 Å². The molecule has 0 saturated carbocycles. The summed E-state index contributed by atoms with van der Waals surface area (Å²) in [4.78, 5) is 27.5. The average Bonchev–Trinajstić information content (AvgIpc) is 3.17. The lowest BCUT2D eigenvalue weighted by molar-refractivity contribution is 0.148. The van der Waals surface area contributed by atoms with E-state index >= 15 is 0 Å². The molecule has 0 aliphatic carbocycles. The number of halogens is 2. The van der Waals surface area contributed by atoms with E-state index in [4.69, 9.17) is 0 Å². The number of nitrogens with zero attached hydrogens (tertiary/aromatic N) is 8. The topological polar surface area (TPSA) is 89.4 Å². The maximum Gasteiger partial charge on any atom is 0.282 e. The molecule has 176 valence electrons. The monoisotopic (exact) mass is 459 g/mol. The van der Waals surface area contributed by atoms with Gasteiger partial charge < -0.3 is 14.7 Å². The Hall–Kier alpha value is -3.12. The molecule has 0 bridgehead atoms. The van der Waals surface area contributed by atoms with Gasteiger partial charge in [0.05, 0.1) is 0 Å². The number of likely N-dealkylation sites (N-methyl/N-ethyl adjacent to an activating group) is 1. The van der Waals surface area contributed by atoms with E-state index < -0.39 is 11.6 Å². The molecule has 2 aliphatic rings. The number of anilines is 2. The Bertz CT molecular complexity index is 1190. The molecule has 0 amide bonds. The number of H-pyrrole nitrogens is 1. The van der Waals surface area contributed by atoms with Crippen molar-refractivity contribution >= 4 is 22.8 Å². The van der Waals surface area contributed by atoms with Gasteiger partial charge in [-0.2, -0.15) is 4.98 Å². The lowest BCUT2D eigenvalue weighted by Gasteiger charge is -2.36. The number of nitrogens with one attached hydrogen (secondary N) is 1. The van der Waals surface area contributed by atoms with Gasteiger partial charge >= 0.3 is 0 Å². The average molecular weight is 460 g/mol. The summed E-state index contributed by atoms with van der Waals surface area (Å²) in [6.45, 7) is 5.95. The fourth-order valence-corrected chi connectivity index (χ4v) is 4.48. The van der Waals surface area contributed by atoms with Gasteiger partial charge in [0.2, 0.25) is 5.95 Å². The van der Waals surface area contributed by atoms with Gasteiger partial charge in [0.15, 0.2) is 11.2 Å². The Labute approximate surface area is 189 Å². The minimum absolute atomic E-state index is 0.00418. The third kappa shape index (κ3) is 4.27. The van der Waals surface area contributed by atoms with Crippen LogP contribution in [0.4, 0.5) is 20.4 Å². The zero-order chi connectivity index (χ0) is 23.1. The van der Waals surface area contributed by atoms with Crippen molar-refractivity contribution in [2.24, 2.45) is 7.05 Å². The Morgan fingerprint density at radius 1 is 0.939 bits per heavy atom. The molecule has 12 heteroatoms. The molecule has 0 spiro atoms. The number of aryl methyl sites for hydroxylation is 1. The SMILES string of the molecule is CN1CCN(Cc2cc(F)c(N3CCN(c4nc5c(nnn5C)c(=O)[nH]4)CC3)c(F)c2)CC1. The molecule has 2 saturated heterocycles. The molecular formula is C21H27F2N9O. The predicted octanol–water partition coefficient (Wildman–Crippen LogP) is 0.404. The van der Waals surface area contributed by atoms with Crippen molar-refractivity contribution in [1.29, 1.82) is 0 Å². The van der Waals surface area contributed by atoms with E-state index in [9.17, 15) is 13.6 Å². The summed E-state index contributed by atoms with van der Waals surface area (Å²) in [5, 5.41) is 7.64. The first-order valence-electron chi connectivity index (χ1n) is 11.1. The van der Waals surface area contributed by atoms with Crippen molar-refractivity contribution in [3.63, 3.8) is 0 Å². The molecule has 0 radical (unpaired) electrons. The van der Waals surface area contributed by atoms with Gasteiger partial charge in [-0.15, -0.1) is 5.10 Å². The summed E-state index contributed by atoms with van der Waals surface area (Å²) in [7, 11) is 3.75. The van der Waals surface area contributed by atoms with Crippen LogP contribution in [0.3, 0.4) is 0 Å². The molecule has 4 heterocycles. The second-order valence-electron chi connectivity index (χ2n) is 8.74. The van der Waals surface area contributed by atoms with E-state index in [1.165, 1.54) is 16.8 Å². The van der Waals surface area contributed by atoms with Crippen LogP contribution >= 0.6 is 0 Å². The maximum atomic E-state index is 15.0. The van der Waals surface area contributed by atoms with Gasteiger partial charge in [0.1, 0.15) is 17.3 Å². The van der Waals surface area contributed by atoms with Gasteiger partial charge in [0.25, 0.3) is 5.56 Å². The van der Waals surface area contributed by atoms with E-state index in [2.05, 4.69) is 37.1 Å². The first-order chi connectivity index (χ1) is 15.9. The van der Waals surface area contributed by atoms with Crippen molar-refractivity contribution in [1.82, 2.24) is 34.8 Å². The molecule has 2 aromatic heterocycles. The predicted molar refractivity (Wildman–Crippen MR) is 120 cm³/mol. The molecule has 0 atom stereocenters. The van der Waals surface area contributed by atoms with E-state index in [0.29, 0.717) is 49.9 Å². The number of fused-ring (bicyclic) bond motifs is 1. The summed E-state index contributed by atoms with van der Waals surface area (Å²) >= 11 is 0. The number of aromatic nitrogens is 5. The number of hydrogen-bond acceptors (Lipinski definition) is 8. The highest BCUT2D eigenvalue weighted by Gasteiger charge is 2.25. The van der Waals surface area contributed by atoms with Crippen LogP contribution in [-0.2, 0) is 13.6 Å². The van der Waals surface area contributed by atoms with Gasteiger partial charge in [0, 0.05) is 66.0 Å². The first kappa shape index (κ1) is 21.7. The first-order valence-corrected chi connectivity index (χ1v) is 11.1. The fraction of sp³-hybridized carbons (Fsp3) is 0.524. The normalized spacial score (nSPS) is 18.4. The highest BCUT2D eigenvalue weighted by atomic mass is 19.1. The van der Waals surface area contributed by atoms with Crippen LogP contribution in [-0.4, -0.2) is 94.2 Å². The van der Waals surface area contributed by atoms with Crippen LogP contribution in [0.15, 0.2) is 16.9 Å². The minimum Gasteiger partial charge on any atom is -0.363 e. The maximum absolute atomic E-state index is 15.0. The van der Waals surface area contributed by atoms with Crippen LogP contribution in [0, 0.1) is 11.6 Å². The summed E-state index contributed by atoms with van der Waals surface area (Å²) in [5.41, 5.74) is 0.866. The molecule has 5 rings (SSSR count). The van der Waals surface area contributed by atoms with Crippen molar-refractivity contribution in [3.8, 4) is 0 Å². The Kier molecular flexibility index (Phi) is 5.71. The highest BCUT2D eigenvalue weighted by molar-refractivity contribution is 5.69. The van der Waals surface area contributed by atoms with E-state index in [0.717, 1.165) is 26.2 Å². The quantitative estimate of drug-likeness (QED) is 0.600. The van der Waals surface area contributed by atoms with Gasteiger partial charge in [-0.3, -0.25) is 14.7 Å². The van der Waals surface area contributed by atoms with Crippen LogP contribution in [0.5, 0.6) is 0 Å². The van der Waals surface area contributed by atoms with Gasteiger partial charge in [-0.1, -0.05) is 5.21 Å². The number of aromatic amines is 1. The van der Waals surface area contributed by atoms with E-state index in [1.807, 2.05) is 4.90 Å². The molecule has 2 fully saturated rings. The zero-order valence-corrected chi connectivity index (χ0v) is 18.8. The summed E-state index contributed by atoms with van der Waals surface area (Å²) in [6.07, 6.45) is 0. The lowest BCUT2D eigenvalue weighted by atomic mass is 10.1. The highest BCUT2D eigenvalue weighted by Crippen LogP contribution is 2.27. The second-order valence-corrected chi connectivity index (χ2v) is 8.74. The van der Waals surface area contributed by atoms with Crippen LogP contribution in [0.25, 0.3) is 11.2 Å². The molecule has 33 heavy (non-hydrogen) atoms. The smallest absolute Gasteiger partial charge is 0.282 e. The minimum atomic E-state index is -0.540. The third-order valence-corrected chi connectivity index (χ3v) is 6.42. The van der Waals surface area contributed by atoms with Crippen molar-refractivity contribution in [2.75, 3.05) is 69.2 Å². The molecule has 3 aromatic rings. The third-order valence-electron chi connectivity index (χ3n) is 6.42. The van der Waals surface area contributed by atoms with Crippen LogP contribution < -0.4 is 15.4 Å². The number of hydrogen-bond donors (Lipinski definition) is 1. The van der Waals surface area contributed by atoms with Crippen LogP contribution in [0.2, 0.25) is 0 Å². The van der Waals surface area contributed by atoms with E-state index in [-0.39, 0.29) is 16.8 Å². The number of benzene rings is 1. The van der Waals surface area contributed by atoms with Crippen molar-refractivity contribution < 1.29 is 8.78 Å². The standard InChI is InChI=1S/C21H27F2N9O/c1-28-3-5-30(6-4-28)13-14-11-15(22)18(16(23)12-14)31-7-9-32(10-8-31)21-24-19-17(20(33)25-21)26-27-29(19)2/h11-12H,3-10,13H2,1-2H3,(H,24,25,33). The second kappa shape index (κ2) is 8.67. The number of piperazine rings is 2. The molecule has 0 unspecified atom stereocenters. The van der Waals surface area contributed by atoms with Crippen molar-refractivity contribution in [2.45, 2.75) is 6.54 Å². The molecule has 1 aromatic carbocycles. The summed E-state index contributed by atoms with van der Waals surface area (Å²) in [6, 6.07) is 2.90. The zero-order valence-electron chi connectivity index (χ0n) is 18.8. The fourth-order valence-electron chi connectivity index (χ4n) is 4.48. The largest absolute Gasteiger partial charge is 0.363 e. The van der Waals surface area contributed by atoms with Gasteiger partial charge in [-0.05, 0) is 24.7 Å². The number of rotatable bonds is 4. The Morgan fingerprint density at radius 2 is 1.58 bits per heavy atom. The molecular weight excluding hydrogens is 432 g/mol. The van der Waals surface area contributed by atoms with E-state index in [1.54, 1.807) is 11.9 Å². The molecule has 10 nitrogen and oxygen atoms in total. The molecule has 1 N–H and O–H groups in total. The lowest BCUT2D eigenvalue weighted by Crippen LogP contribution is -2.48. The summed E-state index contributed by atoms with van der Waals surface area (Å²) < 4.78 is 31.4. The molecule has 2 aliphatic heterocycles. The Morgan fingerprint density at radius 3 is 2.24 bits per heavy atom. The Balaban J connectivity index is 1.28.